The van der Waals surface area contributed by atoms with Gasteiger partial charge in [0, 0.05) is 47.8 Å². The number of aromatic amines is 1. The van der Waals surface area contributed by atoms with Crippen molar-refractivity contribution in [2.75, 3.05) is 6.54 Å². The molecule has 39 heavy (non-hydrogen) atoms. The fourth-order valence-electron chi connectivity index (χ4n) is 4.82. The van der Waals surface area contributed by atoms with Crippen molar-refractivity contribution in [3.05, 3.63) is 95.6 Å². The summed E-state index contributed by atoms with van der Waals surface area (Å²) in [4.78, 5) is 29.3. The van der Waals surface area contributed by atoms with Gasteiger partial charge < -0.3 is 20.2 Å². The number of H-pyrrole nitrogens is 1. The lowest BCUT2D eigenvalue weighted by molar-refractivity contribution is 0.0933. The fraction of sp³-hybridized carbons (Fsp3) is 0.250. The third-order valence-corrected chi connectivity index (χ3v) is 6.97. The molecule has 0 aliphatic heterocycles. The molecule has 5 rings (SSSR count). The summed E-state index contributed by atoms with van der Waals surface area (Å²) in [6.45, 7) is 8.67. The van der Waals surface area contributed by atoms with Crippen LogP contribution in [0.1, 0.15) is 60.0 Å². The lowest BCUT2D eigenvalue weighted by Crippen LogP contribution is -2.32. The van der Waals surface area contributed by atoms with Gasteiger partial charge in [-0.15, -0.1) is 0 Å². The number of rotatable bonds is 6. The van der Waals surface area contributed by atoms with E-state index in [1.165, 1.54) is 12.1 Å². The van der Waals surface area contributed by atoms with Crippen LogP contribution in [0.5, 0.6) is 0 Å². The molecule has 0 aliphatic rings. The van der Waals surface area contributed by atoms with Crippen molar-refractivity contribution < 1.29 is 14.0 Å². The molecule has 1 atom stereocenters. The molecule has 0 radical (unpaired) electrons. The highest BCUT2D eigenvalue weighted by atomic mass is 19.1. The highest BCUT2D eigenvalue weighted by Gasteiger charge is 2.19. The molecule has 0 unspecified atom stereocenters. The number of hydrogen-bond acceptors (Lipinski definition) is 2. The maximum atomic E-state index is 13.7. The summed E-state index contributed by atoms with van der Waals surface area (Å²) in [6.07, 6.45) is 3.56. The maximum absolute atomic E-state index is 13.7. The summed E-state index contributed by atoms with van der Waals surface area (Å²) in [6, 6.07) is 17.9. The first kappa shape index (κ1) is 26.2. The quantitative estimate of drug-likeness (QED) is 0.230. The van der Waals surface area contributed by atoms with Crippen LogP contribution in [-0.2, 0) is 7.05 Å². The van der Waals surface area contributed by atoms with Gasteiger partial charge in [0.15, 0.2) is 0 Å². The molecule has 3 aromatic carbocycles. The van der Waals surface area contributed by atoms with Crippen molar-refractivity contribution in [3.8, 4) is 11.1 Å². The van der Waals surface area contributed by atoms with E-state index in [0.717, 1.165) is 32.9 Å². The second-order valence-corrected chi connectivity index (χ2v) is 11.3. The SMILES string of the molecule is C[C@H](NC(=O)c1cn(C)c2ccc(-c3ccc4c(C(=O)NCC(C)(C)C)c[nH]c4c3)cc12)c1cccc(F)c1. The number of fused-ring (bicyclic) bond motifs is 2. The normalized spacial score (nSPS) is 12.6. The van der Waals surface area contributed by atoms with Crippen LogP contribution < -0.4 is 10.6 Å². The van der Waals surface area contributed by atoms with Crippen molar-refractivity contribution in [1.29, 1.82) is 0 Å². The van der Waals surface area contributed by atoms with E-state index in [9.17, 15) is 14.0 Å². The zero-order chi connectivity index (χ0) is 27.9. The summed E-state index contributed by atoms with van der Waals surface area (Å²) in [5, 5.41) is 7.70. The molecule has 7 heteroatoms. The molecule has 5 aromatic rings. The molecule has 2 heterocycles. The van der Waals surface area contributed by atoms with Crippen LogP contribution in [-0.4, -0.2) is 27.9 Å². The average molecular weight is 525 g/mol. The summed E-state index contributed by atoms with van der Waals surface area (Å²) < 4.78 is 15.6. The van der Waals surface area contributed by atoms with Gasteiger partial charge in [-0.25, -0.2) is 4.39 Å². The van der Waals surface area contributed by atoms with Crippen LogP contribution in [0.4, 0.5) is 4.39 Å². The molecule has 0 saturated heterocycles. The predicted molar refractivity (Wildman–Crippen MR) is 154 cm³/mol. The minimum Gasteiger partial charge on any atom is -0.360 e. The Morgan fingerprint density at radius 3 is 2.44 bits per heavy atom. The standard InChI is InChI=1S/C32H33FN4O2/c1-19(20-7-6-8-23(33)13-20)36-31(39)27-17-37(5)29-12-10-21(14-25(27)29)22-9-11-24-26(16-34-28(24)15-22)30(38)35-18-32(2,3)4/h6-17,19,34H,18H2,1-5H3,(H,35,38)(H,36,39)/t19-/m0/s1. The Bertz CT molecular complexity index is 1710. The van der Waals surface area contributed by atoms with Crippen molar-refractivity contribution in [1.82, 2.24) is 20.2 Å². The van der Waals surface area contributed by atoms with E-state index in [2.05, 4.69) is 36.4 Å². The number of carbonyl (C=O) groups is 2. The molecule has 2 aromatic heterocycles. The second-order valence-electron chi connectivity index (χ2n) is 11.3. The van der Waals surface area contributed by atoms with Gasteiger partial charge in [0.05, 0.1) is 17.2 Å². The summed E-state index contributed by atoms with van der Waals surface area (Å²) >= 11 is 0. The molecule has 0 spiro atoms. The topological polar surface area (TPSA) is 78.9 Å². The number of carbonyl (C=O) groups excluding carboxylic acids is 2. The van der Waals surface area contributed by atoms with Crippen molar-refractivity contribution in [2.24, 2.45) is 12.5 Å². The first-order valence-corrected chi connectivity index (χ1v) is 13.1. The van der Waals surface area contributed by atoms with E-state index < -0.39 is 0 Å². The van der Waals surface area contributed by atoms with Crippen molar-refractivity contribution in [3.63, 3.8) is 0 Å². The molecular formula is C32H33FN4O2. The zero-order valence-electron chi connectivity index (χ0n) is 22.9. The summed E-state index contributed by atoms with van der Waals surface area (Å²) in [5.74, 6) is -0.655. The molecule has 6 nitrogen and oxygen atoms in total. The number of nitrogens with one attached hydrogen (secondary N) is 3. The van der Waals surface area contributed by atoms with E-state index in [-0.39, 0.29) is 29.1 Å². The van der Waals surface area contributed by atoms with Crippen molar-refractivity contribution in [2.45, 2.75) is 33.7 Å². The van der Waals surface area contributed by atoms with E-state index in [1.54, 1.807) is 18.3 Å². The summed E-state index contributed by atoms with van der Waals surface area (Å²) in [7, 11) is 1.91. The van der Waals surface area contributed by atoms with Gasteiger partial charge in [-0.1, -0.05) is 51.1 Å². The third kappa shape index (κ3) is 5.43. The number of nitrogens with zero attached hydrogens (tertiary/aromatic N) is 1. The van der Waals surface area contributed by atoms with Gasteiger partial charge in [0.25, 0.3) is 11.8 Å². The van der Waals surface area contributed by atoms with Crippen LogP contribution in [0.25, 0.3) is 32.9 Å². The van der Waals surface area contributed by atoms with Gasteiger partial charge in [0.2, 0.25) is 0 Å². The van der Waals surface area contributed by atoms with E-state index in [0.29, 0.717) is 23.2 Å². The number of aromatic nitrogens is 2. The van der Waals surface area contributed by atoms with Gasteiger partial charge >= 0.3 is 0 Å². The second kappa shape index (κ2) is 10.1. The van der Waals surface area contributed by atoms with Gasteiger partial charge in [-0.05, 0) is 59.4 Å². The average Bonchev–Trinajstić information content (AvgIpc) is 3.47. The number of hydrogen-bond donors (Lipinski definition) is 3. The van der Waals surface area contributed by atoms with E-state index in [4.69, 9.17) is 0 Å². The molecule has 0 aliphatic carbocycles. The Morgan fingerprint density at radius 2 is 1.69 bits per heavy atom. The van der Waals surface area contributed by atoms with Crippen LogP contribution in [0, 0.1) is 11.2 Å². The Balaban J connectivity index is 1.43. The first-order valence-electron chi connectivity index (χ1n) is 13.1. The fourth-order valence-corrected chi connectivity index (χ4v) is 4.82. The van der Waals surface area contributed by atoms with E-state index >= 15 is 0 Å². The Kier molecular flexibility index (Phi) is 6.76. The van der Waals surface area contributed by atoms with Crippen LogP contribution in [0.2, 0.25) is 0 Å². The smallest absolute Gasteiger partial charge is 0.253 e. The van der Waals surface area contributed by atoms with Gasteiger partial charge in [-0.3, -0.25) is 9.59 Å². The van der Waals surface area contributed by atoms with Gasteiger partial charge in [-0.2, -0.15) is 0 Å². The third-order valence-electron chi connectivity index (χ3n) is 6.97. The number of aryl methyl sites for hydroxylation is 1. The Morgan fingerprint density at radius 1 is 0.949 bits per heavy atom. The minimum absolute atomic E-state index is 0.00170. The molecule has 3 N–H and O–H groups in total. The lowest BCUT2D eigenvalue weighted by Gasteiger charge is -2.18. The van der Waals surface area contributed by atoms with Crippen LogP contribution >= 0.6 is 0 Å². The predicted octanol–water partition coefficient (Wildman–Crippen LogP) is 6.73. The van der Waals surface area contributed by atoms with Gasteiger partial charge in [0.1, 0.15) is 5.82 Å². The molecule has 0 saturated carbocycles. The van der Waals surface area contributed by atoms with Crippen LogP contribution in [0.3, 0.4) is 0 Å². The minimum atomic E-state index is -0.350. The molecule has 0 bridgehead atoms. The molecular weight excluding hydrogens is 491 g/mol. The molecule has 200 valence electrons. The lowest BCUT2D eigenvalue weighted by atomic mass is 9.97. The van der Waals surface area contributed by atoms with E-state index in [1.807, 2.05) is 61.1 Å². The number of benzene rings is 3. The van der Waals surface area contributed by atoms with Crippen LogP contribution in [0.15, 0.2) is 73.1 Å². The molecule has 0 fully saturated rings. The van der Waals surface area contributed by atoms with Crippen molar-refractivity contribution >= 4 is 33.6 Å². The highest BCUT2D eigenvalue weighted by molar-refractivity contribution is 6.09. The largest absolute Gasteiger partial charge is 0.360 e. The number of halogens is 1. The Labute approximate surface area is 227 Å². The first-order chi connectivity index (χ1) is 18.5. The monoisotopic (exact) mass is 524 g/mol. The maximum Gasteiger partial charge on any atom is 0.253 e. The highest BCUT2D eigenvalue weighted by Crippen LogP contribution is 2.31. The molecule has 2 amide bonds. The Hall–Kier alpha value is -4.39. The zero-order valence-corrected chi connectivity index (χ0v) is 22.9. The summed E-state index contributed by atoms with van der Waals surface area (Å²) in [5.41, 5.74) is 5.59. The number of amides is 2.